The Kier molecular flexibility index (Phi) is 3.63. The maximum absolute atomic E-state index is 6.31. The second-order valence-electron chi connectivity index (χ2n) is 6.54. The maximum Gasteiger partial charge on any atom is 0.220 e. The van der Waals surface area contributed by atoms with E-state index in [9.17, 15) is 0 Å². The Labute approximate surface area is 145 Å². The van der Waals surface area contributed by atoms with Gasteiger partial charge in [0, 0.05) is 0 Å². The molecule has 2 aromatic rings. The van der Waals surface area contributed by atoms with E-state index in [1.807, 2.05) is 30.0 Å². The van der Waals surface area contributed by atoms with Crippen molar-refractivity contribution in [3.8, 4) is 5.69 Å². The SMILES string of the molecule is Cc1ccc(-n2cnnn2)cc1N1C(N)=NC(N)=NC12CCCCC2. The van der Waals surface area contributed by atoms with Gasteiger partial charge in [0.1, 0.15) is 12.0 Å². The van der Waals surface area contributed by atoms with Crippen LogP contribution in [0.2, 0.25) is 0 Å². The minimum absolute atomic E-state index is 0.255. The van der Waals surface area contributed by atoms with E-state index in [1.54, 1.807) is 11.0 Å². The summed E-state index contributed by atoms with van der Waals surface area (Å²) in [5, 5.41) is 11.4. The van der Waals surface area contributed by atoms with Gasteiger partial charge in [-0.2, -0.15) is 4.99 Å². The Bertz CT molecular complexity index is 831. The summed E-state index contributed by atoms with van der Waals surface area (Å²) < 4.78 is 1.62. The molecule has 2 heterocycles. The fourth-order valence-corrected chi connectivity index (χ4v) is 3.73. The van der Waals surface area contributed by atoms with Crippen LogP contribution in [0.5, 0.6) is 0 Å². The van der Waals surface area contributed by atoms with E-state index in [-0.39, 0.29) is 5.96 Å². The van der Waals surface area contributed by atoms with Gasteiger partial charge < -0.3 is 11.5 Å². The third kappa shape index (κ3) is 2.61. The molecule has 0 saturated heterocycles. The minimum atomic E-state index is -0.460. The molecule has 9 nitrogen and oxygen atoms in total. The van der Waals surface area contributed by atoms with Gasteiger partial charge >= 0.3 is 0 Å². The predicted octanol–water partition coefficient (Wildman–Crippen LogP) is 1.08. The van der Waals surface area contributed by atoms with Gasteiger partial charge in [-0.15, -0.1) is 5.10 Å². The summed E-state index contributed by atoms with van der Waals surface area (Å²) in [7, 11) is 0. The summed E-state index contributed by atoms with van der Waals surface area (Å²) >= 11 is 0. The van der Waals surface area contributed by atoms with Crippen molar-refractivity contribution in [1.29, 1.82) is 0 Å². The highest BCUT2D eigenvalue weighted by molar-refractivity contribution is 6.06. The molecule has 0 unspecified atom stereocenters. The van der Waals surface area contributed by atoms with Gasteiger partial charge in [-0.3, -0.25) is 4.90 Å². The molecule has 1 aromatic carbocycles. The number of aliphatic imine (C=N–C) groups is 2. The number of aryl methyl sites for hydroxylation is 1. The molecule has 1 aliphatic heterocycles. The number of nitrogens with zero attached hydrogens (tertiary/aromatic N) is 7. The van der Waals surface area contributed by atoms with Gasteiger partial charge in [0.2, 0.25) is 11.9 Å². The highest BCUT2D eigenvalue weighted by atomic mass is 15.5. The topological polar surface area (TPSA) is 124 Å². The molecule has 0 amide bonds. The number of nitrogens with two attached hydrogens (primary N) is 2. The first-order valence-corrected chi connectivity index (χ1v) is 8.43. The van der Waals surface area contributed by atoms with Gasteiger partial charge in [-0.1, -0.05) is 12.5 Å². The lowest BCUT2D eigenvalue weighted by Crippen LogP contribution is -2.58. The van der Waals surface area contributed by atoms with Crippen LogP contribution in [0, 0.1) is 6.92 Å². The molecule has 1 aromatic heterocycles. The summed E-state index contributed by atoms with van der Waals surface area (Å²) in [6.07, 6.45) is 6.75. The van der Waals surface area contributed by atoms with Crippen LogP contribution in [0.15, 0.2) is 34.5 Å². The smallest absolute Gasteiger partial charge is 0.220 e. The van der Waals surface area contributed by atoms with Crippen LogP contribution in [-0.4, -0.2) is 37.8 Å². The Morgan fingerprint density at radius 2 is 1.92 bits per heavy atom. The first-order chi connectivity index (χ1) is 12.1. The van der Waals surface area contributed by atoms with Crippen LogP contribution >= 0.6 is 0 Å². The van der Waals surface area contributed by atoms with E-state index >= 15 is 0 Å². The van der Waals surface area contributed by atoms with Crippen molar-refractivity contribution in [2.45, 2.75) is 44.7 Å². The molecule has 130 valence electrons. The van der Waals surface area contributed by atoms with Gasteiger partial charge in [0.05, 0.1) is 11.4 Å². The zero-order valence-electron chi connectivity index (χ0n) is 14.1. The number of tetrazole rings is 1. The number of benzene rings is 1. The van der Waals surface area contributed by atoms with Gasteiger partial charge in [-0.25, -0.2) is 9.67 Å². The van der Waals surface area contributed by atoms with E-state index in [1.165, 1.54) is 6.42 Å². The van der Waals surface area contributed by atoms with Gasteiger partial charge in [0.25, 0.3) is 0 Å². The third-order valence-electron chi connectivity index (χ3n) is 4.90. The number of rotatable bonds is 2. The molecule has 0 bridgehead atoms. The number of hydrogen-bond acceptors (Lipinski definition) is 8. The molecule has 1 aliphatic carbocycles. The molecule has 9 heteroatoms. The lowest BCUT2D eigenvalue weighted by atomic mass is 9.87. The highest BCUT2D eigenvalue weighted by Crippen LogP contribution is 2.40. The lowest BCUT2D eigenvalue weighted by molar-refractivity contribution is 0.305. The van der Waals surface area contributed by atoms with Crippen LogP contribution in [0.4, 0.5) is 5.69 Å². The Hall–Kier alpha value is -2.97. The molecule has 2 aliphatic rings. The monoisotopic (exact) mass is 339 g/mol. The lowest BCUT2D eigenvalue weighted by Gasteiger charge is -2.46. The van der Waals surface area contributed by atoms with Crippen LogP contribution in [0.1, 0.15) is 37.7 Å². The number of hydrogen-bond donors (Lipinski definition) is 2. The number of anilines is 1. The highest BCUT2D eigenvalue weighted by Gasteiger charge is 2.43. The molecule has 1 saturated carbocycles. The van der Waals surface area contributed by atoms with Crippen molar-refractivity contribution in [1.82, 2.24) is 20.2 Å². The average Bonchev–Trinajstić information content (AvgIpc) is 3.11. The van der Waals surface area contributed by atoms with E-state index in [2.05, 4.69) is 20.5 Å². The van der Waals surface area contributed by atoms with Crippen molar-refractivity contribution in [3.63, 3.8) is 0 Å². The fourth-order valence-electron chi connectivity index (χ4n) is 3.73. The first-order valence-electron chi connectivity index (χ1n) is 8.43. The molecule has 4 rings (SSSR count). The van der Waals surface area contributed by atoms with E-state index in [0.717, 1.165) is 42.6 Å². The summed E-state index contributed by atoms with van der Waals surface area (Å²) in [5.41, 5.74) is 14.7. The van der Waals surface area contributed by atoms with Crippen LogP contribution < -0.4 is 16.4 Å². The first kappa shape index (κ1) is 15.6. The average molecular weight is 339 g/mol. The molecule has 4 N–H and O–H groups in total. The van der Waals surface area contributed by atoms with Crippen LogP contribution in [0.25, 0.3) is 5.69 Å². The van der Waals surface area contributed by atoms with Crippen molar-refractivity contribution < 1.29 is 0 Å². The molecular weight excluding hydrogens is 318 g/mol. The zero-order valence-corrected chi connectivity index (χ0v) is 14.1. The quantitative estimate of drug-likeness (QED) is 0.844. The Balaban J connectivity index is 1.84. The molecule has 25 heavy (non-hydrogen) atoms. The van der Waals surface area contributed by atoms with E-state index < -0.39 is 5.66 Å². The normalized spacial score (nSPS) is 19.6. The summed E-state index contributed by atoms with van der Waals surface area (Å²) in [4.78, 5) is 11.0. The summed E-state index contributed by atoms with van der Waals surface area (Å²) in [6, 6.07) is 6.01. The Morgan fingerprint density at radius 1 is 1.12 bits per heavy atom. The molecule has 1 spiro atoms. The maximum atomic E-state index is 6.31. The van der Waals surface area contributed by atoms with Crippen molar-refractivity contribution in [2.75, 3.05) is 4.90 Å². The standard InChI is InChI=1S/C16H21N9/c1-11-5-6-12(24-10-19-22-23-24)9-13(11)25-15(18)20-14(17)21-16(25)7-3-2-4-8-16/h5-6,9-10H,2-4,7-8H2,1H3,(H4,17,18,20,21). The van der Waals surface area contributed by atoms with Gasteiger partial charge in [-0.05, 0) is 60.7 Å². The molecule has 1 fully saturated rings. The third-order valence-corrected chi connectivity index (χ3v) is 4.90. The van der Waals surface area contributed by atoms with Crippen LogP contribution in [-0.2, 0) is 0 Å². The molecule has 0 radical (unpaired) electrons. The van der Waals surface area contributed by atoms with Crippen molar-refractivity contribution in [2.24, 2.45) is 21.5 Å². The minimum Gasteiger partial charge on any atom is -0.369 e. The van der Waals surface area contributed by atoms with E-state index in [4.69, 9.17) is 16.5 Å². The molecular formula is C16H21N9. The summed E-state index contributed by atoms with van der Waals surface area (Å²) in [6.45, 7) is 2.05. The second kappa shape index (κ2) is 5.83. The summed E-state index contributed by atoms with van der Waals surface area (Å²) in [5.74, 6) is 0.635. The Morgan fingerprint density at radius 3 is 2.64 bits per heavy atom. The number of guanidine groups is 2. The molecule has 0 atom stereocenters. The largest absolute Gasteiger partial charge is 0.369 e. The van der Waals surface area contributed by atoms with Crippen LogP contribution in [0.3, 0.4) is 0 Å². The van der Waals surface area contributed by atoms with Crippen molar-refractivity contribution >= 4 is 17.6 Å². The second-order valence-corrected chi connectivity index (χ2v) is 6.54. The predicted molar refractivity (Wildman–Crippen MR) is 95.4 cm³/mol. The van der Waals surface area contributed by atoms with Crippen molar-refractivity contribution in [3.05, 3.63) is 30.1 Å². The van der Waals surface area contributed by atoms with Gasteiger partial charge in [0.15, 0.2) is 0 Å². The van der Waals surface area contributed by atoms with E-state index in [0.29, 0.717) is 5.96 Å². The number of aromatic nitrogens is 4. The fraction of sp³-hybridized carbons (Fsp3) is 0.438. The zero-order chi connectivity index (χ0) is 17.4.